The van der Waals surface area contributed by atoms with Gasteiger partial charge in [0, 0.05) is 30.3 Å². The van der Waals surface area contributed by atoms with E-state index in [1.165, 1.54) is 5.56 Å². The average molecular weight is 400 g/mol. The van der Waals surface area contributed by atoms with Gasteiger partial charge in [-0.2, -0.15) is 0 Å². The highest BCUT2D eigenvalue weighted by Gasteiger charge is 2.39. The van der Waals surface area contributed by atoms with Crippen molar-refractivity contribution in [2.75, 3.05) is 18.4 Å². The van der Waals surface area contributed by atoms with Gasteiger partial charge in [-0.15, -0.1) is 0 Å². The predicted octanol–water partition coefficient (Wildman–Crippen LogP) is 4.60. The summed E-state index contributed by atoms with van der Waals surface area (Å²) >= 11 is 5.98. The number of hydrogen-bond donors (Lipinski definition) is 2. The minimum Gasteiger partial charge on any atom is -0.351 e. The van der Waals surface area contributed by atoms with Crippen LogP contribution in [0.2, 0.25) is 5.02 Å². The van der Waals surface area contributed by atoms with Gasteiger partial charge >= 0.3 is 6.03 Å². The van der Waals surface area contributed by atoms with Gasteiger partial charge in [0.05, 0.1) is 5.41 Å². The second kappa shape index (κ2) is 8.65. The topological polar surface area (TPSA) is 61.4 Å². The second-order valence-corrected chi connectivity index (χ2v) is 8.13. The summed E-state index contributed by atoms with van der Waals surface area (Å²) in [7, 11) is 0. The predicted molar refractivity (Wildman–Crippen MR) is 112 cm³/mol. The molecule has 0 spiro atoms. The lowest BCUT2D eigenvalue weighted by Crippen LogP contribution is -2.52. The molecule has 28 heavy (non-hydrogen) atoms. The zero-order valence-corrected chi connectivity index (χ0v) is 17.1. The van der Waals surface area contributed by atoms with E-state index >= 15 is 0 Å². The van der Waals surface area contributed by atoms with Crippen molar-refractivity contribution in [3.63, 3.8) is 0 Å². The van der Waals surface area contributed by atoms with E-state index in [1.807, 2.05) is 38.1 Å². The first kappa shape index (κ1) is 20.2. The van der Waals surface area contributed by atoms with Crippen LogP contribution in [0.3, 0.4) is 0 Å². The van der Waals surface area contributed by atoms with Crippen LogP contribution in [-0.4, -0.2) is 29.9 Å². The molecule has 3 rings (SSSR count). The van der Waals surface area contributed by atoms with Gasteiger partial charge in [0.15, 0.2) is 0 Å². The van der Waals surface area contributed by atoms with Gasteiger partial charge in [0.2, 0.25) is 5.91 Å². The summed E-state index contributed by atoms with van der Waals surface area (Å²) in [6, 6.07) is 14.9. The molecule has 5 nitrogen and oxygen atoms in total. The minimum atomic E-state index is -0.603. The highest BCUT2D eigenvalue weighted by molar-refractivity contribution is 6.30. The largest absolute Gasteiger partial charge is 0.351 e. The molecule has 2 N–H and O–H groups in total. The number of nitrogens with zero attached hydrogens (tertiary/aromatic N) is 1. The maximum atomic E-state index is 12.8. The highest BCUT2D eigenvalue weighted by Crippen LogP contribution is 2.30. The first-order chi connectivity index (χ1) is 13.4. The molecule has 0 bridgehead atoms. The number of piperidine rings is 1. The summed E-state index contributed by atoms with van der Waals surface area (Å²) in [5.74, 6) is -0.0201. The van der Waals surface area contributed by atoms with E-state index in [-0.39, 0.29) is 11.9 Å². The van der Waals surface area contributed by atoms with Crippen LogP contribution in [0.25, 0.3) is 0 Å². The maximum Gasteiger partial charge on any atom is 0.321 e. The fraction of sp³-hybridized carbons (Fsp3) is 0.364. The van der Waals surface area contributed by atoms with Crippen molar-refractivity contribution in [1.29, 1.82) is 0 Å². The van der Waals surface area contributed by atoms with Gasteiger partial charge < -0.3 is 15.5 Å². The van der Waals surface area contributed by atoms with Gasteiger partial charge in [-0.05, 0) is 50.5 Å². The Morgan fingerprint density at radius 3 is 2.64 bits per heavy atom. The zero-order valence-electron chi connectivity index (χ0n) is 16.3. The lowest BCUT2D eigenvalue weighted by molar-refractivity contribution is -0.132. The van der Waals surface area contributed by atoms with Crippen LogP contribution in [0.5, 0.6) is 0 Å². The van der Waals surface area contributed by atoms with Crippen LogP contribution in [0.15, 0.2) is 48.5 Å². The van der Waals surface area contributed by atoms with Crippen molar-refractivity contribution in [1.82, 2.24) is 10.2 Å². The summed E-state index contributed by atoms with van der Waals surface area (Å²) < 4.78 is 0. The molecule has 0 saturated carbocycles. The Morgan fingerprint density at radius 1 is 1.18 bits per heavy atom. The molecular weight excluding hydrogens is 374 g/mol. The summed E-state index contributed by atoms with van der Waals surface area (Å²) in [6.07, 6.45) is 1.55. The van der Waals surface area contributed by atoms with E-state index in [0.29, 0.717) is 30.3 Å². The van der Waals surface area contributed by atoms with Crippen molar-refractivity contribution < 1.29 is 9.59 Å². The molecule has 6 heteroatoms. The number of benzene rings is 2. The number of aryl methyl sites for hydroxylation is 1. The molecule has 0 unspecified atom stereocenters. The Kier molecular flexibility index (Phi) is 6.25. The fourth-order valence-corrected chi connectivity index (χ4v) is 3.66. The van der Waals surface area contributed by atoms with Crippen molar-refractivity contribution >= 4 is 29.2 Å². The number of carbonyl (C=O) groups is 2. The molecule has 1 aliphatic rings. The van der Waals surface area contributed by atoms with Crippen molar-refractivity contribution in [3.8, 4) is 0 Å². The summed E-state index contributed by atoms with van der Waals surface area (Å²) in [5, 5.41) is 6.46. The molecule has 1 heterocycles. The molecule has 3 amide bonds. The smallest absolute Gasteiger partial charge is 0.321 e. The van der Waals surface area contributed by atoms with E-state index in [1.54, 1.807) is 29.2 Å². The highest BCUT2D eigenvalue weighted by atomic mass is 35.5. The van der Waals surface area contributed by atoms with E-state index in [2.05, 4.69) is 10.6 Å². The van der Waals surface area contributed by atoms with Gasteiger partial charge in [-0.3, -0.25) is 4.79 Å². The number of hydrogen-bond acceptors (Lipinski definition) is 2. The normalized spacial score (nSPS) is 19.2. The van der Waals surface area contributed by atoms with Gasteiger partial charge in [0.1, 0.15) is 0 Å². The lowest BCUT2D eigenvalue weighted by atomic mass is 9.81. The minimum absolute atomic E-state index is 0.0201. The third-order valence-electron chi connectivity index (χ3n) is 5.18. The molecule has 2 aromatic rings. The lowest BCUT2D eigenvalue weighted by Gasteiger charge is -2.39. The van der Waals surface area contributed by atoms with Crippen LogP contribution >= 0.6 is 11.6 Å². The quantitative estimate of drug-likeness (QED) is 0.789. The van der Waals surface area contributed by atoms with Crippen molar-refractivity contribution in [3.05, 3.63) is 64.7 Å². The second-order valence-electron chi connectivity index (χ2n) is 7.69. The summed E-state index contributed by atoms with van der Waals surface area (Å²) in [6.45, 7) is 5.47. The van der Waals surface area contributed by atoms with E-state index < -0.39 is 5.41 Å². The molecule has 1 saturated heterocycles. The molecule has 1 atom stereocenters. The van der Waals surface area contributed by atoms with E-state index in [0.717, 1.165) is 18.4 Å². The Labute approximate surface area is 171 Å². The van der Waals surface area contributed by atoms with Crippen LogP contribution < -0.4 is 10.6 Å². The molecule has 148 valence electrons. The van der Waals surface area contributed by atoms with Gasteiger partial charge in [-0.25, -0.2) is 4.79 Å². The summed E-state index contributed by atoms with van der Waals surface area (Å²) in [5.41, 5.74) is 2.30. The van der Waals surface area contributed by atoms with Crippen LogP contribution in [0, 0.1) is 12.3 Å². The van der Waals surface area contributed by atoms with Crippen molar-refractivity contribution in [2.24, 2.45) is 5.41 Å². The molecule has 1 aliphatic heterocycles. The molecular formula is C22H26ClN3O2. The average Bonchev–Trinajstić information content (AvgIpc) is 2.67. The Bertz CT molecular complexity index is 853. The Hall–Kier alpha value is -2.53. The Morgan fingerprint density at radius 2 is 1.93 bits per heavy atom. The number of nitrogens with one attached hydrogen (secondary N) is 2. The molecule has 0 radical (unpaired) electrons. The molecule has 0 aliphatic carbocycles. The van der Waals surface area contributed by atoms with E-state index in [9.17, 15) is 9.59 Å². The number of halogens is 1. The standard InChI is InChI=1S/C22H26ClN3O2/c1-16-7-9-17(10-8-16)14-24-20(27)22(2)11-4-12-26(15-22)21(28)25-19-6-3-5-18(23)13-19/h3,5-10,13H,4,11-12,14-15H2,1-2H3,(H,24,27)(H,25,28)/t22-/m0/s1. The first-order valence-corrected chi connectivity index (χ1v) is 9.89. The van der Waals surface area contributed by atoms with Crippen LogP contribution in [0.1, 0.15) is 30.9 Å². The van der Waals surface area contributed by atoms with Gasteiger partial charge in [0.25, 0.3) is 0 Å². The molecule has 1 fully saturated rings. The monoisotopic (exact) mass is 399 g/mol. The van der Waals surface area contributed by atoms with Crippen molar-refractivity contribution in [2.45, 2.75) is 33.2 Å². The number of anilines is 1. The van der Waals surface area contributed by atoms with E-state index in [4.69, 9.17) is 11.6 Å². The molecule has 2 aromatic carbocycles. The number of rotatable bonds is 4. The van der Waals surface area contributed by atoms with Crippen LogP contribution in [-0.2, 0) is 11.3 Å². The SMILES string of the molecule is Cc1ccc(CNC(=O)[C@@]2(C)CCCN(C(=O)Nc3cccc(Cl)c3)C2)cc1. The number of amides is 3. The third-order valence-corrected chi connectivity index (χ3v) is 5.42. The van der Waals surface area contributed by atoms with Crippen LogP contribution in [0.4, 0.5) is 10.5 Å². The maximum absolute atomic E-state index is 12.8. The number of likely N-dealkylation sites (tertiary alicyclic amines) is 1. The zero-order chi connectivity index (χ0) is 20.1. The molecule has 0 aromatic heterocycles. The fourth-order valence-electron chi connectivity index (χ4n) is 3.47. The van der Waals surface area contributed by atoms with Gasteiger partial charge in [-0.1, -0.05) is 47.5 Å². The third kappa shape index (κ3) is 5.04. The summed E-state index contributed by atoms with van der Waals surface area (Å²) in [4.78, 5) is 27.2. The number of carbonyl (C=O) groups excluding carboxylic acids is 2. The Balaban J connectivity index is 1.59. The number of urea groups is 1. The first-order valence-electron chi connectivity index (χ1n) is 9.51.